The van der Waals surface area contributed by atoms with Gasteiger partial charge < -0.3 is 4.74 Å². The fourth-order valence-electron chi connectivity index (χ4n) is 4.96. The van der Waals surface area contributed by atoms with E-state index in [0.29, 0.717) is 12.0 Å². The van der Waals surface area contributed by atoms with E-state index < -0.39 is 0 Å². The summed E-state index contributed by atoms with van der Waals surface area (Å²) in [6, 6.07) is 4.78. The monoisotopic (exact) mass is 306 g/mol. The second kappa shape index (κ2) is 5.13. The van der Waals surface area contributed by atoms with Crippen LogP contribution in [0.4, 0.5) is 0 Å². The normalized spacial score (nSPS) is 38.5. The summed E-state index contributed by atoms with van der Waals surface area (Å²) in [7, 11) is 1.70. The standard InChI is InChI=1S/C17H23ClN2O/c1-10-5-11-8-15-13(3-4-17(19-15)21-2)12-7-14(11)16(6-10)20(18)9-12/h3-4,10-12,14,16H,5-9H2,1-2H3/t10-,11+,12-,14-,16+/m1/s1. The van der Waals surface area contributed by atoms with Crippen molar-refractivity contribution in [3.05, 3.63) is 23.4 Å². The van der Waals surface area contributed by atoms with Gasteiger partial charge in [0.15, 0.2) is 0 Å². The summed E-state index contributed by atoms with van der Waals surface area (Å²) in [6.45, 7) is 3.33. The molecule has 114 valence electrons. The predicted molar refractivity (Wildman–Crippen MR) is 83.6 cm³/mol. The van der Waals surface area contributed by atoms with Crippen molar-refractivity contribution >= 4 is 11.8 Å². The number of hydrogen-bond acceptors (Lipinski definition) is 3. The summed E-state index contributed by atoms with van der Waals surface area (Å²) >= 11 is 6.64. The first-order chi connectivity index (χ1) is 10.2. The van der Waals surface area contributed by atoms with Crippen molar-refractivity contribution in [1.29, 1.82) is 0 Å². The lowest BCUT2D eigenvalue weighted by Crippen LogP contribution is -2.48. The number of pyridine rings is 1. The number of hydrogen-bond donors (Lipinski definition) is 0. The molecule has 0 N–H and O–H groups in total. The largest absolute Gasteiger partial charge is 0.481 e. The molecule has 2 bridgehead atoms. The van der Waals surface area contributed by atoms with Gasteiger partial charge in [-0.25, -0.2) is 9.40 Å². The maximum Gasteiger partial charge on any atom is 0.213 e. The van der Waals surface area contributed by atoms with Crippen molar-refractivity contribution in [2.45, 2.75) is 44.6 Å². The summed E-state index contributed by atoms with van der Waals surface area (Å²) in [5.74, 6) is 3.51. The first-order valence-electron chi connectivity index (χ1n) is 8.12. The maximum atomic E-state index is 6.64. The fraction of sp³-hybridized carbons (Fsp3) is 0.706. The molecule has 0 amide bonds. The van der Waals surface area contributed by atoms with Gasteiger partial charge in [0, 0.05) is 30.3 Å². The van der Waals surface area contributed by atoms with Crippen LogP contribution in [0.15, 0.2) is 12.1 Å². The van der Waals surface area contributed by atoms with Crippen molar-refractivity contribution < 1.29 is 4.74 Å². The molecule has 2 fully saturated rings. The molecule has 2 heterocycles. The Labute approximate surface area is 131 Å². The van der Waals surface area contributed by atoms with Crippen LogP contribution in [0.5, 0.6) is 5.88 Å². The van der Waals surface area contributed by atoms with E-state index in [9.17, 15) is 0 Å². The number of fused-ring (bicyclic) bond motifs is 3. The lowest BCUT2D eigenvalue weighted by Gasteiger charge is -2.47. The van der Waals surface area contributed by atoms with Gasteiger partial charge in [-0.2, -0.15) is 0 Å². The number of piperidine rings is 1. The molecule has 21 heavy (non-hydrogen) atoms. The first kappa shape index (κ1) is 13.8. The zero-order chi connectivity index (χ0) is 14.6. The zero-order valence-corrected chi connectivity index (χ0v) is 13.5. The Kier molecular flexibility index (Phi) is 3.38. The molecule has 3 aliphatic rings. The van der Waals surface area contributed by atoms with Gasteiger partial charge in [-0.3, -0.25) is 0 Å². The molecule has 0 radical (unpaired) electrons. The van der Waals surface area contributed by atoms with Gasteiger partial charge >= 0.3 is 0 Å². The number of halogens is 1. The van der Waals surface area contributed by atoms with E-state index in [-0.39, 0.29) is 0 Å². The molecule has 4 rings (SSSR count). The summed E-state index contributed by atoms with van der Waals surface area (Å²) in [6.07, 6.45) is 4.95. The van der Waals surface area contributed by atoms with Gasteiger partial charge in [0.25, 0.3) is 0 Å². The van der Waals surface area contributed by atoms with Crippen LogP contribution < -0.4 is 4.74 Å². The van der Waals surface area contributed by atoms with Gasteiger partial charge in [-0.1, -0.05) is 13.0 Å². The summed E-state index contributed by atoms with van der Waals surface area (Å²) in [4.78, 5) is 4.77. The SMILES string of the molecule is COc1ccc2c(n1)C[C@@H]1C[C@@H](C)C[C@H]3[C@@H]1C[C@@H]2CN3Cl. The molecule has 0 unspecified atom stereocenters. The number of nitrogens with zero attached hydrogens (tertiary/aromatic N) is 2. The van der Waals surface area contributed by atoms with Crippen LogP contribution in [-0.4, -0.2) is 29.1 Å². The van der Waals surface area contributed by atoms with Gasteiger partial charge in [0.2, 0.25) is 5.88 Å². The molecule has 1 aliphatic heterocycles. The third-order valence-corrected chi connectivity index (χ3v) is 6.24. The number of methoxy groups -OCH3 is 1. The molecule has 1 saturated heterocycles. The van der Waals surface area contributed by atoms with Crippen LogP contribution in [0, 0.1) is 17.8 Å². The first-order valence-corrected chi connectivity index (χ1v) is 8.45. The second-order valence-electron chi connectivity index (χ2n) is 7.18. The molecule has 5 atom stereocenters. The molecular formula is C17H23ClN2O. The van der Waals surface area contributed by atoms with E-state index in [1.165, 1.54) is 30.5 Å². The van der Waals surface area contributed by atoms with Gasteiger partial charge in [-0.05, 0) is 60.8 Å². The average Bonchev–Trinajstić information content (AvgIpc) is 2.60. The summed E-state index contributed by atoms with van der Waals surface area (Å²) in [5, 5.41) is 0. The molecule has 3 nitrogen and oxygen atoms in total. The Hall–Kier alpha value is -0.800. The van der Waals surface area contributed by atoms with Crippen LogP contribution in [0.1, 0.15) is 43.4 Å². The van der Waals surface area contributed by atoms with Gasteiger partial charge in [-0.15, -0.1) is 0 Å². The molecule has 1 saturated carbocycles. The highest BCUT2D eigenvalue weighted by molar-refractivity contribution is 6.13. The van der Waals surface area contributed by atoms with Crippen LogP contribution in [0.3, 0.4) is 0 Å². The van der Waals surface area contributed by atoms with E-state index >= 15 is 0 Å². The number of aromatic nitrogens is 1. The maximum absolute atomic E-state index is 6.64. The molecule has 0 aromatic carbocycles. The van der Waals surface area contributed by atoms with E-state index in [1.807, 2.05) is 6.07 Å². The number of rotatable bonds is 1. The Morgan fingerprint density at radius 2 is 2.14 bits per heavy atom. The highest BCUT2D eigenvalue weighted by atomic mass is 35.5. The van der Waals surface area contributed by atoms with Crippen molar-refractivity contribution in [1.82, 2.24) is 9.40 Å². The Morgan fingerprint density at radius 3 is 2.95 bits per heavy atom. The van der Waals surface area contributed by atoms with Crippen LogP contribution in [-0.2, 0) is 6.42 Å². The third-order valence-electron chi connectivity index (χ3n) is 5.85. The van der Waals surface area contributed by atoms with E-state index in [4.69, 9.17) is 21.5 Å². The van der Waals surface area contributed by atoms with Crippen LogP contribution in [0.25, 0.3) is 0 Å². The number of ether oxygens (including phenoxy) is 1. The van der Waals surface area contributed by atoms with Crippen LogP contribution >= 0.6 is 11.8 Å². The predicted octanol–water partition coefficient (Wildman–Crippen LogP) is 3.62. The lowest BCUT2D eigenvalue weighted by molar-refractivity contribution is 0.0503. The highest BCUT2D eigenvalue weighted by Crippen LogP contribution is 2.50. The van der Waals surface area contributed by atoms with Gasteiger partial charge in [0.05, 0.1) is 7.11 Å². The molecule has 2 aliphatic carbocycles. The van der Waals surface area contributed by atoms with Crippen molar-refractivity contribution in [3.8, 4) is 5.88 Å². The summed E-state index contributed by atoms with van der Waals surface area (Å²) in [5.41, 5.74) is 2.66. The quantitative estimate of drug-likeness (QED) is 0.741. The Balaban J connectivity index is 1.77. The topological polar surface area (TPSA) is 25.4 Å². The summed E-state index contributed by atoms with van der Waals surface area (Å²) < 4.78 is 7.44. The van der Waals surface area contributed by atoms with E-state index in [1.54, 1.807) is 7.11 Å². The van der Waals surface area contributed by atoms with Crippen molar-refractivity contribution in [2.75, 3.05) is 13.7 Å². The molecule has 1 aromatic heterocycles. The van der Waals surface area contributed by atoms with Crippen molar-refractivity contribution in [3.63, 3.8) is 0 Å². The third kappa shape index (κ3) is 2.25. The van der Waals surface area contributed by atoms with E-state index in [2.05, 4.69) is 17.4 Å². The van der Waals surface area contributed by atoms with Crippen LogP contribution in [0.2, 0.25) is 0 Å². The molecule has 1 aromatic rings. The highest BCUT2D eigenvalue weighted by Gasteiger charge is 2.46. The zero-order valence-electron chi connectivity index (χ0n) is 12.8. The molecule has 0 spiro atoms. The molecule has 4 heteroatoms. The lowest BCUT2D eigenvalue weighted by atomic mass is 9.67. The Bertz CT molecular complexity index is 550. The Morgan fingerprint density at radius 1 is 1.29 bits per heavy atom. The minimum Gasteiger partial charge on any atom is -0.481 e. The smallest absolute Gasteiger partial charge is 0.213 e. The van der Waals surface area contributed by atoms with Gasteiger partial charge in [0.1, 0.15) is 0 Å². The minimum absolute atomic E-state index is 0.538. The second-order valence-corrected chi connectivity index (χ2v) is 7.61. The van der Waals surface area contributed by atoms with Crippen molar-refractivity contribution in [2.24, 2.45) is 17.8 Å². The minimum atomic E-state index is 0.538. The molecular weight excluding hydrogens is 284 g/mol. The average molecular weight is 307 g/mol. The fourth-order valence-corrected chi connectivity index (χ4v) is 5.35. The van der Waals surface area contributed by atoms with E-state index in [0.717, 1.165) is 36.6 Å².